The van der Waals surface area contributed by atoms with Crippen molar-refractivity contribution in [3.8, 4) is 0 Å². The first-order chi connectivity index (χ1) is 6.43. The highest BCUT2D eigenvalue weighted by Gasteiger charge is 2.13. The minimum absolute atomic E-state index is 0.127. The van der Waals surface area contributed by atoms with Gasteiger partial charge in [-0.3, -0.25) is 9.59 Å². The van der Waals surface area contributed by atoms with Crippen molar-refractivity contribution < 1.29 is 9.59 Å². The Hall–Kier alpha value is -1.36. The molecule has 14 heavy (non-hydrogen) atoms. The fourth-order valence-corrected chi connectivity index (χ4v) is 0.798. The molecule has 0 aliphatic rings. The van der Waals surface area contributed by atoms with Crippen molar-refractivity contribution in [3.63, 3.8) is 0 Å². The van der Waals surface area contributed by atoms with Gasteiger partial charge in [0.25, 0.3) is 0 Å². The summed E-state index contributed by atoms with van der Waals surface area (Å²) in [6.07, 6.45) is 0.402. The smallest absolute Gasteiger partial charge is 0.237 e. The zero-order chi connectivity index (χ0) is 11.1. The lowest BCUT2D eigenvalue weighted by Crippen LogP contribution is -2.41. The van der Waals surface area contributed by atoms with Crippen LogP contribution in [0.5, 0.6) is 0 Å². The first-order valence-electron chi connectivity index (χ1n) is 4.39. The molecule has 0 bridgehead atoms. The molecule has 5 nitrogen and oxygen atoms in total. The van der Waals surface area contributed by atoms with Crippen molar-refractivity contribution >= 4 is 11.8 Å². The molecule has 0 aliphatic carbocycles. The lowest BCUT2D eigenvalue weighted by molar-refractivity contribution is -0.122. The van der Waals surface area contributed by atoms with Crippen molar-refractivity contribution in [2.24, 2.45) is 11.5 Å². The van der Waals surface area contributed by atoms with Gasteiger partial charge in [0.05, 0.1) is 6.04 Å². The quantitative estimate of drug-likeness (QED) is 0.492. The molecule has 0 rings (SSSR count). The molecular formula is C9H17N3O2. The number of carbonyl (C=O) groups is 2. The van der Waals surface area contributed by atoms with Crippen LogP contribution in [0, 0.1) is 0 Å². The Balaban J connectivity index is 3.76. The standard InChI is InChI=1S/C9H17N3O2/c1-6(2)5-12-9(14)7(10)3-4-8(11)13/h7H,1,3-5,10H2,2H3,(H2,11,13)(H,12,14). The molecule has 5 N–H and O–H groups in total. The van der Waals surface area contributed by atoms with Crippen molar-refractivity contribution in [2.45, 2.75) is 25.8 Å². The molecule has 2 amide bonds. The molecule has 0 aromatic rings. The first kappa shape index (κ1) is 12.6. The number of hydrogen-bond acceptors (Lipinski definition) is 3. The van der Waals surface area contributed by atoms with Gasteiger partial charge < -0.3 is 16.8 Å². The van der Waals surface area contributed by atoms with Gasteiger partial charge in [0, 0.05) is 13.0 Å². The minimum Gasteiger partial charge on any atom is -0.370 e. The van der Waals surface area contributed by atoms with Crippen LogP contribution in [0.1, 0.15) is 19.8 Å². The number of amides is 2. The lowest BCUT2D eigenvalue weighted by atomic mass is 10.1. The van der Waals surface area contributed by atoms with E-state index < -0.39 is 11.9 Å². The van der Waals surface area contributed by atoms with Crippen LogP contribution in [0.4, 0.5) is 0 Å². The summed E-state index contributed by atoms with van der Waals surface area (Å²) in [7, 11) is 0. The Morgan fingerprint density at radius 1 is 1.50 bits per heavy atom. The molecule has 0 heterocycles. The third-order valence-electron chi connectivity index (χ3n) is 1.60. The topological polar surface area (TPSA) is 98.2 Å². The summed E-state index contributed by atoms with van der Waals surface area (Å²) in [6.45, 7) is 5.84. The molecule has 0 aromatic heterocycles. The van der Waals surface area contributed by atoms with Gasteiger partial charge in [-0.1, -0.05) is 12.2 Å². The fourth-order valence-electron chi connectivity index (χ4n) is 0.798. The van der Waals surface area contributed by atoms with Gasteiger partial charge in [0.1, 0.15) is 0 Å². The molecule has 80 valence electrons. The molecule has 0 spiro atoms. The molecule has 0 saturated heterocycles. The van der Waals surface area contributed by atoms with E-state index in [0.29, 0.717) is 6.54 Å². The summed E-state index contributed by atoms with van der Waals surface area (Å²) < 4.78 is 0. The largest absolute Gasteiger partial charge is 0.370 e. The Bertz CT molecular complexity index is 238. The molecular weight excluding hydrogens is 182 g/mol. The Morgan fingerprint density at radius 2 is 2.07 bits per heavy atom. The monoisotopic (exact) mass is 199 g/mol. The maximum atomic E-state index is 11.2. The third kappa shape index (κ3) is 6.19. The van der Waals surface area contributed by atoms with Gasteiger partial charge in [-0.25, -0.2) is 0 Å². The second-order valence-corrected chi connectivity index (χ2v) is 3.29. The van der Waals surface area contributed by atoms with Gasteiger partial charge in [-0.05, 0) is 13.3 Å². The average molecular weight is 199 g/mol. The van der Waals surface area contributed by atoms with Crippen molar-refractivity contribution in [1.82, 2.24) is 5.32 Å². The predicted octanol–water partition coefficient (Wildman–Crippen LogP) is -0.728. The Morgan fingerprint density at radius 3 is 2.50 bits per heavy atom. The maximum absolute atomic E-state index is 11.2. The highest BCUT2D eigenvalue weighted by atomic mass is 16.2. The maximum Gasteiger partial charge on any atom is 0.237 e. The summed E-state index contributed by atoms with van der Waals surface area (Å²) in [4.78, 5) is 21.6. The first-order valence-corrected chi connectivity index (χ1v) is 4.39. The summed E-state index contributed by atoms with van der Waals surface area (Å²) in [6, 6.07) is -0.679. The van der Waals surface area contributed by atoms with E-state index in [1.807, 2.05) is 0 Å². The molecule has 0 saturated carbocycles. The number of hydrogen-bond donors (Lipinski definition) is 3. The van der Waals surface area contributed by atoms with Gasteiger partial charge in [-0.15, -0.1) is 0 Å². The fraction of sp³-hybridized carbons (Fsp3) is 0.556. The van der Waals surface area contributed by atoms with E-state index in [-0.39, 0.29) is 18.7 Å². The van der Waals surface area contributed by atoms with Crippen LogP contribution in [0.25, 0.3) is 0 Å². The van der Waals surface area contributed by atoms with Crippen molar-refractivity contribution in [2.75, 3.05) is 6.54 Å². The van der Waals surface area contributed by atoms with Crippen LogP contribution >= 0.6 is 0 Å². The van der Waals surface area contributed by atoms with E-state index in [0.717, 1.165) is 5.57 Å². The summed E-state index contributed by atoms with van der Waals surface area (Å²) in [5.74, 6) is -0.734. The SMILES string of the molecule is C=C(C)CNC(=O)C(N)CCC(N)=O. The molecule has 0 fully saturated rings. The second-order valence-electron chi connectivity index (χ2n) is 3.29. The van der Waals surface area contributed by atoms with Crippen LogP contribution in [0.15, 0.2) is 12.2 Å². The zero-order valence-corrected chi connectivity index (χ0v) is 8.38. The molecule has 5 heteroatoms. The van der Waals surface area contributed by atoms with E-state index in [9.17, 15) is 9.59 Å². The van der Waals surface area contributed by atoms with Crippen LogP contribution in [0.2, 0.25) is 0 Å². The van der Waals surface area contributed by atoms with E-state index in [4.69, 9.17) is 11.5 Å². The predicted molar refractivity (Wildman–Crippen MR) is 54.2 cm³/mol. The molecule has 0 aliphatic heterocycles. The van der Waals surface area contributed by atoms with E-state index in [2.05, 4.69) is 11.9 Å². The number of primary amides is 1. The van der Waals surface area contributed by atoms with E-state index >= 15 is 0 Å². The van der Waals surface area contributed by atoms with Crippen LogP contribution in [-0.4, -0.2) is 24.4 Å². The van der Waals surface area contributed by atoms with E-state index in [1.165, 1.54) is 0 Å². The molecule has 0 radical (unpaired) electrons. The van der Waals surface area contributed by atoms with Crippen LogP contribution in [-0.2, 0) is 9.59 Å². The van der Waals surface area contributed by atoms with Crippen LogP contribution < -0.4 is 16.8 Å². The number of rotatable bonds is 6. The van der Waals surface area contributed by atoms with E-state index in [1.54, 1.807) is 6.92 Å². The normalized spacial score (nSPS) is 11.9. The lowest BCUT2D eigenvalue weighted by Gasteiger charge is -2.10. The summed E-state index contributed by atoms with van der Waals surface area (Å²) in [5.41, 5.74) is 11.3. The average Bonchev–Trinajstić information content (AvgIpc) is 2.09. The second kappa shape index (κ2) is 6.15. The van der Waals surface area contributed by atoms with Gasteiger partial charge >= 0.3 is 0 Å². The number of nitrogens with one attached hydrogen (secondary N) is 1. The van der Waals surface area contributed by atoms with Gasteiger partial charge in [-0.2, -0.15) is 0 Å². The zero-order valence-electron chi connectivity index (χ0n) is 8.38. The highest BCUT2D eigenvalue weighted by molar-refractivity contribution is 5.82. The molecule has 1 unspecified atom stereocenters. The molecule has 0 aromatic carbocycles. The van der Waals surface area contributed by atoms with Crippen molar-refractivity contribution in [3.05, 3.63) is 12.2 Å². The Labute approximate surface area is 83.5 Å². The third-order valence-corrected chi connectivity index (χ3v) is 1.60. The van der Waals surface area contributed by atoms with Crippen LogP contribution in [0.3, 0.4) is 0 Å². The Kier molecular flexibility index (Phi) is 5.55. The highest BCUT2D eigenvalue weighted by Crippen LogP contribution is 1.94. The molecule has 1 atom stereocenters. The summed E-state index contributed by atoms with van der Waals surface area (Å²) in [5, 5.41) is 2.59. The van der Waals surface area contributed by atoms with Gasteiger partial charge in [0.2, 0.25) is 11.8 Å². The number of nitrogens with two attached hydrogens (primary N) is 2. The minimum atomic E-state index is -0.679. The van der Waals surface area contributed by atoms with Gasteiger partial charge in [0.15, 0.2) is 0 Å². The number of carbonyl (C=O) groups excluding carboxylic acids is 2. The van der Waals surface area contributed by atoms with Crippen molar-refractivity contribution in [1.29, 1.82) is 0 Å². The summed E-state index contributed by atoms with van der Waals surface area (Å²) >= 11 is 0.